The van der Waals surface area contributed by atoms with Gasteiger partial charge in [-0.3, -0.25) is 5.10 Å². The minimum absolute atomic E-state index is 0.494. The Bertz CT molecular complexity index is 598. The van der Waals surface area contributed by atoms with E-state index in [0.717, 1.165) is 23.4 Å². The van der Waals surface area contributed by atoms with Crippen molar-refractivity contribution in [2.24, 2.45) is 0 Å². The monoisotopic (exact) mass is 289 g/mol. The van der Waals surface area contributed by atoms with Gasteiger partial charge in [-0.2, -0.15) is 15.1 Å². The minimum Gasteiger partial charge on any atom is -0.354 e. The number of anilines is 2. The summed E-state index contributed by atoms with van der Waals surface area (Å²) in [6.07, 6.45) is 5.47. The average Bonchev–Trinajstić information content (AvgIpc) is 2.92. The Morgan fingerprint density at radius 2 is 2.05 bits per heavy atom. The zero-order valence-electron chi connectivity index (χ0n) is 12.8. The lowest BCUT2D eigenvalue weighted by atomic mass is 10.00. The SMILES string of the molecule is CCNc1nc(NN2C(C)CCCC2C)c2cn[nH]c2n1. The molecule has 2 atom stereocenters. The molecular weight excluding hydrogens is 266 g/mol. The summed E-state index contributed by atoms with van der Waals surface area (Å²) in [6.45, 7) is 7.32. The number of hydrogen-bond donors (Lipinski definition) is 3. The lowest BCUT2D eigenvalue weighted by Gasteiger charge is -2.39. The van der Waals surface area contributed by atoms with Crippen molar-refractivity contribution in [3.8, 4) is 0 Å². The zero-order valence-corrected chi connectivity index (χ0v) is 12.8. The second-order valence-corrected chi connectivity index (χ2v) is 5.71. The number of aromatic amines is 1. The number of aromatic nitrogens is 4. The molecule has 2 unspecified atom stereocenters. The summed E-state index contributed by atoms with van der Waals surface area (Å²) in [5, 5.41) is 13.4. The van der Waals surface area contributed by atoms with E-state index < -0.39 is 0 Å². The summed E-state index contributed by atoms with van der Waals surface area (Å²) >= 11 is 0. The highest BCUT2D eigenvalue weighted by molar-refractivity contribution is 5.86. The van der Waals surface area contributed by atoms with Crippen LogP contribution in [0.15, 0.2) is 6.20 Å². The number of nitrogens with zero attached hydrogens (tertiary/aromatic N) is 4. The van der Waals surface area contributed by atoms with E-state index in [1.807, 2.05) is 6.92 Å². The Hall–Kier alpha value is -1.89. The number of hydrazine groups is 1. The maximum absolute atomic E-state index is 4.59. The number of fused-ring (bicyclic) bond motifs is 1. The average molecular weight is 289 g/mol. The minimum atomic E-state index is 0.494. The summed E-state index contributed by atoms with van der Waals surface area (Å²) in [7, 11) is 0. The quantitative estimate of drug-likeness (QED) is 0.801. The van der Waals surface area contributed by atoms with Crippen molar-refractivity contribution in [2.75, 3.05) is 17.3 Å². The Labute approximate surface area is 124 Å². The van der Waals surface area contributed by atoms with Gasteiger partial charge in [-0.1, -0.05) is 6.42 Å². The summed E-state index contributed by atoms with van der Waals surface area (Å²) < 4.78 is 0. The maximum Gasteiger partial charge on any atom is 0.226 e. The molecule has 114 valence electrons. The molecule has 2 aromatic rings. The summed E-state index contributed by atoms with van der Waals surface area (Å²) in [4.78, 5) is 9.01. The van der Waals surface area contributed by atoms with Gasteiger partial charge in [0, 0.05) is 18.6 Å². The van der Waals surface area contributed by atoms with Gasteiger partial charge in [-0.15, -0.1) is 0 Å². The third-order valence-electron chi connectivity index (χ3n) is 4.07. The fraction of sp³-hybridized carbons (Fsp3) is 0.643. The number of rotatable bonds is 4. The molecule has 0 spiro atoms. The van der Waals surface area contributed by atoms with Crippen LogP contribution in [0.4, 0.5) is 11.8 Å². The molecular formula is C14H23N7. The Balaban J connectivity index is 1.92. The molecule has 3 N–H and O–H groups in total. The van der Waals surface area contributed by atoms with Crippen LogP contribution >= 0.6 is 0 Å². The molecule has 1 aliphatic heterocycles. The fourth-order valence-corrected chi connectivity index (χ4v) is 2.92. The van der Waals surface area contributed by atoms with Gasteiger partial charge in [0.2, 0.25) is 5.95 Å². The molecule has 7 nitrogen and oxygen atoms in total. The van der Waals surface area contributed by atoms with Crippen LogP contribution in [0, 0.1) is 0 Å². The van der Waals surface area contributed by atoms with Gasteiger partial charge in [0.05, 0.1) is 11.6 Å². The molecule has 0 bridgehead atoms. The lowest BCUT2D eigenvalue weighted by Crippen LogP contribution is -2.47. The van der Waals surface area contributed by atoms with Gasteiger partial charge in [0.25, 0.3) is 0 Å². The third-order valence-corrected chi connectivity index (χ3v) is 4.07. The van der Waals surface area contributed by atoms with Crippen molar-refractivity contribution in [2.45, 2.75) is 52.1 Å². The van der Waals surface area contributed by atoms with Crippen LogP contribution in [-0.4, -0.2) is 43.8 Å². The van der Waals surface area contributed by atoms with E-state index in [1.165, 1.54) is 19.3 Å². The highest BCUT2D eigenvalue weighted by Gasteiger charge is 2.25. The third kappa shape index (κ3) is 2.78. The van der Waals surface area contributed by atoms with Crippen LogP contribution in [-0.2, 0) is 0 Å². The number of hydrogen-bond acceptors (Lipinski definition) is 6. The molecule has 1 saturated heterocycles. The van der Waals surface area contributed by atoms with Crippen LogP contribution < -0.4 is 10.7 Å². The van der Waals surface area contributed by atoms with Gasteiger partial charge in [-0.25, -0.2) is 5.01 Å². The summed E-state index contributed by atoms with van der Waals surface area (Å²) in [5.74, 6) is 1.43. The van der Waals surface area contributed by atoms with Crippen LogP contribution in [0.25, 0.3) is 11.0 Å². The summed E-state index contributed by atoms with van der Waals surface area (Å²) in [6, 6.07) is 0.988. The molecule has 3 heterocycles. The number of piperidine rings is 1. The van der Waals surface area contributed by atoms with Gasteiger partial charge < -0.3 is 10.7 Å². The Morgan fingerprint density at radius 1 is 1.29 bits per heavy atom. The fourth-order valence-electron chi connectivity index (χ4n) is 2.92. The predicted molar refractivity (Wildman–Crippen MR) is 84.1 cm³/mol. The first-order valence-corrected chi connectivity index (χ1v) is 7.69. The van der Waals surface area contributed by atoms with E-state index in [4.69, 9.17) is 0 Å². The molecule has 0 saturated carbocycles. The molecule has 0 radical (unpaired) electrons. The van der Waals surface area contributed by atoms with Gasteiger partial charge in [-0.05, 0) is 33.6 Å². The maximum atomic E-state index is 4.59. The second kappa shape index (κ2) is 5.85. The first-order chi connectivity index (χ1) is 10.2. The molecule has 0 aromatic carbocycles. The number of nitrogens with one attached hydrogen (secondary N) is 3. The van der Waals surface area contributed by atoms with E-state index in [9.17, 15) is 0 Å². The Kier molecular flexibility index (Phi) is 3.92. The molecule has 0 aliphatic carbocycles. The largest absolute Gasteiger partial charge is 0.354 e. The van der Waals surface area contributed by atoms with Crippen molar-refractivity contribution in [1.29, 1.82) is 0 Å². The Morgan fingerprint density at radius 3 is 2.76 bits per heavy atom. The molecule has 2 aromatic heterocycles. The highest BCUT2D eigenvalue weighted by Crippen LogP contribution is 2.26. The zero-order chi connectivity index (χ0) is 14.8. The highest BCUT2D eigenvalue weighted by atomic mass is 15.5. The number of H-pyrrole nitrogens is 1. The van der Waals surface area contributed by atoms with E-state index in [-0.39, 0.29) is 0 Å². The van der Waals surface area contributed by atoms with Crippen LogP contribution in [0.5, 0.6) is 0 Å². The smallest absolute Gasteiger partial charge is 0.226 e. The van der Waals surface area contributed by atoms with Gasteiger partial charge in [0.1, 0.15) is 0 Å². The molecule has 0 amide bonds. The summed E-state index contributed by atoms with van der Waals surface area (Å²) in [5.41, 5.74) is 4.24. The lowest BCUT2D eigenvalue weighted by molar-refractivity contribution is 0.135. The van der Waals surface area contributed by atoms with Crippen LogP contribution in [0.3, 0.4) is 0 Å². The first kappa shape index (κ1) is 14.1. The van der Waals surface area contributed by atoms with Crippen molar-refractivity contribution in [3.63, 3.8) is 0 Å². The second-order valence-electron chi connectivity index (χ2n) is 5.71. The van der Waals surface area contributed by atoms with Crippen molar-refractivity contribution < 1.29 is 0 Å². The standard InChI is InChI=1S/C14H23N7/c1-4-15-14-17-12-11(8-16-19-12)13(18-14)20-21-9(2)6-5-7-10(21)3/h8-10H,4-7H2,1-3H3,(H3,15,16,17,18,19,20). The van der Waals surface area contributed by atoms with Crippen molar-refractivity contribution >= 4 is 22.8 Å². The van der Waals surface area contributed by atoms with E-state index >= 15 is 0 Å². The van der Waals surface area contributed by atoms with Crippen LogP contribution in [0.2, 0.25) is 0 Å². The predicted octanol–water partition coefficient (Wildman–Crippen LogP) is 2.37. The van der Waals surface area contributed by atoms with Crippen molar-refractivity contribution in [1.82, 2.24) is 25.2 Å². The molecule has 21 heavy (non-hydrogen) atoms. The molecule has 1 aliphatic rings. The topological polar surface area (TPSA) is 81.8 Å². The normalized spacial score (nSPS) is 23.4. The van der Waals surface area contributed by atoms with Gasteiger partial charge in [0.15, 0.2) is 11.5 Å². The van der Waals surface area contributed by atoms with E-state index in [0.29, 0.717) is 18.0 Å². The van der Waals surface area contributed by atoms with Gasteiger partial charge >= 0.3 is 0 Å². The van der Waals surface area contributed by atoms with Crippen molar-refractivity contribution in [3.05, 3.63) is 6.20 Å². The molecule has 7 heteroatoms. The van der Waals surface area contributed by atoms with Crippen LogP contribution in [0.1, 0.15) is 40.0 Å². The first-order valence-electron chi connectivity index (χ1n) is 7.69. The molecule has 1 fully saturated rings. The van der Waals surface area contributed by atoms with E-state index in [2.05, 4.69) is 49.8 Å². The van der Waals surface area contributed by atoms with E-state index in [1.54, 1.807) is 6.20 Å². The molecule has 3 rings (SSSR count).